The number of halogens is 1. The molecule has 3 N–H and O–H groups in total. The normalized spacial score (nSPS) is 10.8. The second-order valence-electron chi connectivity index (χ2n) is 4.45. The quantitative estimate of drug-likeness (QED) is 0.386. The number of methoxy groups -OCH3 is 1. The third kappa shape index (κ3) is 5.46. The number of rotatable bonds is 8. The summed E-state index contributed by atoms with van der Waals surface area (Å²) in [5.41, 5.74) is 8.65. The predicted molar refractivity (Wildman–Crippen MR) is 96.0 cm³/mol. The number of nitrogens with two attached hydrogens (primary N) is 1. The molecule has 10 heteroatoms. The smallest absolute Gasteiger partial charge is 0.247 e. The number of nitrogen functional groups attached to an aromatic ring is 1. The highest BCUT2D eigenvalue weighted by Gasteiger charge is 2.07. The van der Waals surface area contributed by atoms with Gasteiger partial charge in [-0.25, -0.2) is 5.43 Å². The minimum absolute atomic E-state index is 0.0782. The number of hydrogen-bond acceptors (Lipinski definition) is 8. The topological polar surface area (TPSA) is 112 Å². The minimum Gasteiger partial charge on any atom is -0.493 e. The zero-order valence-corrected chi connectivity index (χ0v) is 15.3. The Balaban J connectivity index is 1.92. The molecule has 0 radical (unpaired) electrons. The molecule has 8 nitrogen and oxygen atoms in total. The van der Waals surface area contributed by atoms with Crippen LogP contribution in [0.3, 0.4) is 0 Å². The lowest BCUT2D eigenvalue weighted by Crippen LogP contribution is -2.19. The van der Waals surface area contributed by atoms with Crippen LogP contribution in [0.2, 0.25) is 0 Å². The van der Waals surface area contributed by atoms with Gasteiger partial charge in [0.1, 0.15) is 5.01 Å². The minimum atomic E-state index is -0.299. The van der Waals surface area contributed by atoms with Crippen LogP contribution in [-0.4, -0.2) is 41.4 Å². The van der Waals surface area contributed by atoms with Crippen molar-refractivity contribution in [1.82, 2.24) is 15.6 Å². The first-order chi connectivity index (χ1) is 11.6. The Morgan fingerprint density at radius 1 is 1.46 bits per heavy atom. The molecule has 0 unspecified atom stereocenters. The maximum Gasteiger partial charge on any atom is 0.247 e. The average Bonchev–Trinajstić information content (AvgIpc) is 2.98. The second-order valence-corrected chi connectivity index (χ2v) is 6.34. The molecule has 0 saturated carbocycles. The molecule has 0 fully saturated rings. The number of ether oxygens (including phenoxy) is 2. The van der Waals surface area contributed by atoms with E-state index < -0.39 is 0 Å². The number of amides is 1. The number of nitrogens with zero attached hydrogens (tertiary/aromatic N) is 3. The Hall–Kier alpha value is -2.20. The number of carbonyl (C=O) groups excluding carboxylic acids is 1. The Bertz CT molecular complexity index is 722. The first-order valence-corrected chi connectivity index (χ1v) is 8.82. The summed E-state index contributed by atoms with van der Waals surface area (Å²) in [5, 5.41) is 12.9. The number of hydrogen-bond donors (Lipinski definition) is 2. The maximum atomic E-state index is 11.7. The molecule has 1 aromatic heterocycles. The first-order valence-electron chi connectivity index (χ1n) is 6.89. The fourth-order valence-corrected chi connectivity index (χ4v) is 2.50. The third-order valence-electron chi connectivity index (χ3n) is 2.72. The molecule has 1 amide bonds. The number of alkyl halides is 1. The van der Waals surface area contributed by atoms with E-state index in [9.17, 15) is 4.79 Å². The predicted octanol–water partition coefficient (Wildman–Crippen LogP) is 1.60. The number of benzene rings is 1. The van der Waals surface area contributed by atoms with Gasteiger partial charge in [-0.2, -0.15) is 5.10 Å². The average molecular weight is 414 g/mol. The van der Waals surface area contributed by atoms with Gasteiger partial charge in [-0.05, 0) is 23.8 Å². The lowest BCUT2D eigenvalue weighted by Gasteiger charge is -2.10. The van der Waals surface area contributed by atoms with Crippen LogP contribution >= 0.6 is 27.3 Å². The summed E-state index contributed by atoms with van der Waals surface area (Å²) in [7, 11) is 1.56. The molecule has 1 aromatic carbocycles. The first kappa shape index (κ1) is 18.1. The largest absolute Gasteiger partial charge is 0.493 e. The number of hydrazone groups is 1. The van der Waals surface area contributed by atoms with Gasteiger partial charge >= 0.3 is 0 Å². The molecule has 24 heavy (non-hydrogen) atoms. The second kappa shape index (κ2) is 9.18. The van der Waals surface area contributed by atoms with Crippen LogP contribution in [0.15, 0.2) is 23.3 Å². The zero-order chi connectivity index (χ0) is 17.4. The van der Waals surface area contributed by atoms with Gasteiger partial charge < -0.3 is 15.2 Å². The molecule has 2 aromatic rings. The highest BCUT2D eigenvalue weighted by atomic mass is 79.9. The van der Waals surface area contributed by atoms with Crippen molar-refractivity contribution in [3.05, 3.63) is 28.8 Å². The number of anilines is 1. The van der Waals surface area contributed by atoms with Crippen LogP contribution in [0.5, 0.6) is 11.5 Å². The van der Waals surface area contributed by atoms with Crippen molar-refractivity contribution in [1.29, 1.82) is 0 Å². The fourth-order valence-electron chi connectivity index (χ4n) is 1.73. The van der Waals surface area contributed by atoms with Gasteiger partial charge in [-0.3, -0.25) is 4.79 Å². The molecule has 0 bridgehead atoms. The van der Waals surface area contributed by atoms with Crippen molar-refractivity contribution in [3.8, 4) is 11.5 Å². The molecule has 0 aliphatic carbocycles. The third-order valence-corrected chi connectivity index (χ3v) is 3.80. The Morgan fingerprint density at radius 3 is 2.96 bits per heavy atom. The van der Waals surface area contributed by atoms with E-state index in [0.29, 0.717) is 28.2 Å². The molecule has 1 heterocycles. The molecule has 128 valence electrons. The van der Waals surface area contributed by atoms with Crippen LogP contribution in [0.25, 0.3) is 0 Å². The number of nitrogens with one attached hydrogen (secondary N) is 1. The van der Waals surface area contributed by atoms with Crippen molar-refractivity contribution in [2.45, 2.75) is 6.42 Å². The Labute approximate surface area is 151 Å². The molecule has 0 atom stereocenters. The van der Waals surface area contributed by atoms with Crippen LogP contribution in [0.1, 0.15) is 10.6 Å². The van der Waals surface area contributed by atoms with Crippen LogP contribution in [0, 0.1) is 0 Å². The fraction of sp³-hybridized carbons (Fsp3) is 0.286. The summed E-state index contributed by atoms with van der Waals surface area (Å²) in [5.74, 6) is 0.939. The molecule has 0 saturated heterocycles. The van der Waals surface area contributed by atoms with Gasteiger partial charge in [0, 0.05) is 5.33 Å². The van der Waals surface area contributed by atoms with E-state index in [1.54, 1.807) is 19.2 Å². The van der Waals surface area contributed by atoms with Gasteiger partial charge in [0.05, 0.1) is 26.4 Å². The highest BCUT2D eigenvalue weighted by molar-refractivity contribution is 9.09. The molecular formula is C14H16BrN5O3S. The summed E-state index contributed by atoms with van der Waals surface area (Å²) >= 11 is 4.47. The van der Waals surface area contributed by atoms with Crippen molar-refractivity contribution >= 4 is 44.5 Å². The molecular weight excluding hydrogens is 398 g/mol. The van der Waals surface area contributed by atoms with Crippen LogP contribution in [-0.2, 0) is 11.2 Å². The summed E-state index contributed by atoms with van der Waals surface area (Å²) < 4.78 is 10.8. The van der Waals surface area contributed by atoms with Gasteiger partial charge in [0.2, 0.25) is 11.0 Å². The van der Waals surface area contributed by atoms with Crippen molar-refractivity contribution < 1.29 is 14.3 Å². The van der Waals surface area contributed by atoms with E-state index >= 15 is 0 Å². The monoisotopic (exact) mass is 413 g/mol. The van der Waals surface area contributed by atoms with Gasteiger partial charge in [0.15, 0.2) is 11.5 Å². The Kier molecular flexibility index (Phi) is 6.94. The van der Waals surface area contributed by atoms with Gasteiger partial charge in [0.25, 0.3) is 0 Å². The van der Waals surface area contributed by atoms with Crippen LogP contribution in [0.4, 0.5) is 5.13 Å². The standard InChI is InChI=1S/C14H16BrN5O3S/c1-22-11-6-9(2-3-10(11)23-5-4-15)8-17-18-12(21)7-13-19-20-14(16)24-13/h2-3,6,8H,4-5,7H2,1H3,(H2,16,20)(H,18,21)/b17-8-. The maximum absolute atomic E-state index is 11.7. The zero-order valence-electron chi connectivity index (χ0n) is 12.9. The number of aromatic nitrogens is 2. The SMILES string of the molecule is COc1cc(/C=N\NC(=O)Cc2nnc(N)s2)ccc1OCCBr. The lowest BCUT2D eigenvalue weighted by atomic mass is 10.2. The Morgan fingerprint density at radius 2 is 2.29 bits per heavy atom. The molecule has 0 spiro atoms. The summed E-state index contributed by atoms with van der Waals surface area (Å²) in [6.07, 6.45) is 1.60. The number of carbonyl (C=O) groups is 1. The van der Waals surface area contributed by atoms with E-state index in [-0.39, 0.29) is 12.3 Å². The molecule has 2 rings (SSSR count). The van der Waals surface area contributed by atoms with Crippen molar-refractivity contribution in [3.63, 3.8) is 0 Å². The van der Waals surface area contributed by atoms with E-state index in [1.165, 1.54) is 17.6 Å². The lowest BCUT2D eigenvalue weighted by molar-refractivity contribution is -0.120. The van der Waals surface area contributed by atoms with E-state index in [1.807, 2.05) is 6.07 Å². The highest BCUT2D eigenvalue weighted by Crippen LogP contribution is 2.27. The van der Waals surface area contributed by atoms with Crippen molar-refractivity contribution in [2.75, 3.05) is 24.8 Å². The van der Waals surface area contributed by atoms with Gasteiger partial charge in [-0.1, -0.05) is 27.3 Å². The van der Waals surface area contributed by atoms with Crippen LogP contribution < -0.4 is 20.6 Å². The van der Waals surface area contributed by atoms with E-state index in [0.717, 1.165) is 10.9 Å². The summed E-state index contributed by atoms with van der Waals surface area (Å²) in [4.78, 5) is 11.7. The summed E-state index contributed by atoms with van der Waals surface area (Å²) in [6.45, 7) is 0.538. The van der Waals surface area contributed by atoms with E-state index in [4.69, 9.17) is 15.2 Å². The molecule has 0 aliphatic rings. The van der Waals surface area contributed by atoms with Gasteiger partial charge in [-0.15, -0.1) is 10.2 Å². The van der Waals surface area contributed by atoms with Crippen molar-refractivity contribution in [2.24, 2.45) is 5.10 Å². The summed E-state index contributed by atoms with van der Waals surface area (Å²) in [6, 6.07) is 5.37. The van der Waals surface area contributed by atoms with E-state index in [2.05, 4.69) is 36.7 Å². The molecule has 0 aliphatic heterocycles.